The molecule has 3 nitrogen and oxygen atoms in total. The fourth-order valence-corrected chi connectivity index (χ4v) is 1.38. The van der Waals surface area contributed by atoms with Crippen LogP contribution in [0, 0.1) is 13.8 Å². The van der Waals surface area contributed by atoms with Crippen molar-refractivity contribution in [1.29, 1.82) is 0 Å². The number of ether oxygens (including phenoxy) is 1. The summed E-state index contributed by atoms with van der Waals surface area (Å²) in [6, 6.07) is 0. The van der Waals surface area contributed by atoms with Crippen molar-refractivity contribution in [3.8, 4) is 5.75 Å². The lowest BCUT2D eigenvalue weighted by molar-refractivity contribution is 0.406. The maximum absolute atomic E-state index is 11.4. The largest absolute Gasteiger partial charge is 0.496 e. The number of methoxy groups -OCH3 is 1. The Hall–Kier alpha value is -1.25. The zero-order chi connectivity index (χ0) is 15.3. The van der Waals surface area contributed by atoms with E-state index < -0.39 is 0 Å². The third-order valence-electron chi connectivity index (χ3n) is 1.93. The quantitative estimate of drug-likeness (QED) is 0.758. The monoisotopic (exact) mass is 257 g/mol. The van der Waals surface area contributed by atoms with Crippen LogP contribution < -0.4 is 10.3 Å². The Labute approximate surface area is 113 Å². The van der Waals surface area contributed by atoms with Crippen molar-refractivity contribution in [2.45, 2.75) is 55.4 Å². The van der Waals surface area contributed by atoms with E-state index in [2.05, 4.69) is 0 Å². The van der Waals surface area contributed by atoms with E-state index in [1.54, 1.807) is 31.8 Å². The Morgan fingerprint density at radius 2 is 1.39 bits per heavy atom. The van der Waals surface area contributed by atoms with E-state index in [0.717, 1.165) is 5.56 Å². The van der Waals surface area contributed by atoms with Crippen LogP contribution in [0.1, 0.15) is 52.7 Å². The molecular weight excluding hydrogens is 226 g/mol. The summed E-state index contributed by atoms with van der Waals surface area (Å²) in [7, 11) is 3.32. The van der Waals surface area contributed by atoms with Gasteiger partial charge in [0.15, 0.2) is 0 Å². The standard InChI is InChI=1S/C9H13NO2.3C2H6/c1-6-5-10(3)9(11)7(2)8(6)12-4;3*1-2/h5H,1-4H3;3*1-2H3. The second-order valence-corrected chi connectivity index (χ2v) is 2.89. The fraction of sp³-hybridized carbons (Fsp3) is 0.667. The van der Waals surface area contributed by atoms with Crippen molar-refractivity contribution < 1.29 is 4.74 Å². The molecule has 0 N–H and O–H groups in total. The predicted octanol–water partition coefficient (Wildman–Crippen LogP) is 4.09. The molecule has 0 atom stereocenters. The number of aryl methyl sites for hydroxylation is 2. The molecule has 0 spiro atoms. The topological polar surface area (TPSA) is 31.2 Å². The molecule has 0 aliphatic heterocycles. The summed E-state index contributed by atoms with van der Waals surface area (Å²) >= 11 is 0. The number of pyridine rings is 1. The highest BCUT2D eigenvalue weighted by Crippen LogP contribution is 2.17. The number of rotatable bonds is 1. The molecule has 0 aliphatic rings. The first-order chi connectivity index (χ1) is 8.57. The molecule has 3 heteroatoms. The highest BCUT2D eigenvalue weighted by molar-refractivity contribution is 5.37. The minimum atomic E-state index is -0.00236. The molecule has 0 radical (unpaired) electrons. The molecule has 0 saturated heterocycles. The van der Waals surface area contributed by atoms with Crippen LogP contribution in [0.2, 0.25) is 0 Å². The molecule has 1 aromatic heterocycles. The van der Waals surface area contributed by atoms with Crippen molar-refractivity contribution in [3.63, 3.8) is 0 Å². The van der Waals surface area contributed by atoms with E-state index in [9.17, 15) is 4.79 Å². The van der Waals surface area contributed by atoms with Gasteiger partial charge in [0.2, 0.25) is 0 Å². The van der Waals surface area contributed by atoms with Crippen LogP contribution in [0.4, 0.5) is 0 Å². The van der Waals surface area contributed by atoms with Gasteiger partial charge in [-0.1, -0.05) is 41.5 Å². The lowest BCUT2D eigenvalue weighted by Gasteiger charge is -2.09. The normalized spacial score (nSPS) is 7.67. The maximum atomic E-state index is 11.4. The molecule has 1 aromatic rings. The molecule has 0 amide bonds. The van der Waals surface area contributed by atoms with Gasteiger partial charge in [-0.15, -0.1) is 0 Å². The molecule has 1 heterocycles. The van der Waals surface area contributed by atoms with Crippen molar-refractivity contribution in [3.05, 3.63) is 27.7 Å². The molecule has 18 heavy (non-hydrogen) atoms. The summed E-state index contributed by atoms with van der Waals surface area (Å²) in [5, 5.41) is 0. The number of nitrogens with zero attached hydrogens (tertiary/aromatic N) is 1. The van der Waals surface area contributed by atoms with Gasteiger partial charge in [0, 0.05) is 18.8 Å². The fourth-order valence-electron chi connectivity index (χ4n) is 1.38. The van der Waals surface area contributed by atoms with E-state index in [-0.39, 0.29) is 5.56 Å². The first kappa shape index (κ1) is 22.0. The third kappa shape index (κ3) is 6.48. The van der Waals surface area contributed by atoms with Gasteiger partial charge in [-0.2, -0.15) is 0 Å². The first-order valence-electron chi connectivity index (χ1n) is 6.78. The van der Waals surface area contributed by atoms with Crippen LogP contribution in [0.3, 0.4) is 0 Å². The number of hydrogen-bond acceptors (Lipinski definition) is 2. The summed E-state index contributed by atoms with van der Waals surface area (Å²) in [4.78, 5) is 11.4. The lowest BCUT2D eigenvalue weighted by Crippen LogP contribution is -2.20. The summed E-state index contributed by atoms with van der Waals surface area (Å²) < 4.78 is 6.66. The van der Waals surface area contributed by atoms with Crippen molar-refractivity contribution in [2.24, 2.45) is 7.05 Å². The van der Waals surface area contributed by atoms with E-state index in [1.165, 1.54) is 0 Å². The van der Waals surface area contributed by atoms with Gasteiger partial charge in [0.05, 0.1) is 12.7 Å². The molecular formula is C15H31NO2. The van der Waals surface area contributed by atoms with Crippen LogP contribution in [0.15, 0.2) is 11.0 Å². The van der Waals surface area contributed by atoms with Crippen molar-refractivity contribution >= 4 is 0 Å². The Morgan fingerprint density at radius 1 is 1.00 bits per heavy atom. The van der Waals surface area contributed by atoms with Gasteiger partial charge in [-0.3, -0.25) is 4.79 Å². The number of hydrogen-bond donors (Lipinski definition) is 0. The van der Waals surface area contributed by atoms with Crippen LogP contribution in [0.5, 0.6) is 5.75 Å². The molecule has 0 unspecified atom stereocenters. The van der Waals surface area contributed by atoms with Gasteiger partial charge in [-0.05, 0) is 13.8 Å². The van der Waals surface area contributed by atoms with E-state index >= 15 is 0 Å². The zero-order valence-electron chi connectivity index (χ0n) is 13.8. The predicted molar refractivity (Wildman–Crippen MR) is 81.8 cm³/mol. The molecule has 0 bridgehead atoms. The Bertz CT molecular complexity index is 354. The van der Waals surface area contributed by atoms with Gasteiger partial charge in [0.25, 0.3) is 5.56 Å². The highest BCUT2D eigenvalue weighted by Gasteiger charge is 2.07. The maximum Gasteiger partial charge on any atom is 0.256 e. The van der Waals surface area contributed by atoms with Gasteiger partial charge in [-0.25, -0.2) is 0 Å². The van der Waals surface area contributed by atoms with Crippen LogP contribution in [-0.2, 0) is 7.05 Å². The zero-order valence-corrected chi connectivity index (χ0v) is 13.8. The first-order valence-corrected chi connectivity index (χ1v) is 6.78. The average Bonchev–Trinajstić information content (AvgIpc) is 2.43. The van der Waals surface area contributed by atoms with Gasteiger partial charge >= 0.3 is 0 Å². The minimum Gasteiger partial charge on any atom is -0.496 e. The van der Waals surface area contributed by atoms with Crippen molar-refractivity contribution in [1.82, 2.24) is 4.57 Å². The van der Waals surface area contributed by atoms with Crippen LogP contribution in [-0.4, -0.2) is 11.7 Å². The molecule has 0 aliphatic carbocycles. The Morgan fingerprint density at radius 3 is 1.72 bits per heavy atom. The smallest absolute Gasteiger partial charge is 0.256 e. The average molecular weight is 257 g/mol. The van der Waals surface area contributed by atoms with Gasteiger partial charge in [0.1, 0.15) is 5.75 Å². The van der Waals surface area contributed by atoms with Crippen LogP contribution >= 0.6 is 0 Å². The summed E-state index contributed by atoms with van der Waals surface area (Å²) in [5.74, 6) is 0.693. The lowest BCUT2D eigenvalue weighted by atomic mass is 10.2. The van der Waals surface area contributed by atoms with Gasteiger partial charge < -0.3 is 9.30 Å². The summed E-state index contributed by atoms with van der Waals surface area (Å²) in [6.45, 7) is 15.7. The SMILES string of the molecule is CC.CC.CC.COc1c(C)cn(C)c(=O)c1C. The minimum absolute atomic E-state index is 0.00236. The van der Waals surface area contributed by atoms with E-state index in [4.69, 9.17) is 4.74 Å². The summed E-state index contributed by atoms with van der Waals surface area (Å²) in [6.07, 6.45) is 1.77. The van der Waals surface area contributed by atoms with Crippen molar-refractivity contribution in [2.75, 3.05) is 7.11 Å². The third-order valence-corrected chi connectivity index (χ3v) is 1.93. The van der Waals surface area contributed by atoms with E-state index in [0.29, 0.717) is 11.3 Å². The molecule has 0 saturated carbocycles. The Kier molecular flexibility index (Phi) is 16.9. The molecule has 1 rings (SSSR count). The number of aromatic nitrogens is 1. The van der Waals surface area contributed by atoms with Crippen LogP contribution in [0.25, 0.3) is 0 Å². The highest BCUT2D eigenvalue weighted by atomic mass is 16.5. The Balaban J connectivity index is -0.000000328. The molecule has 0 aromatic carbocycles. The van der Waals surface area contributed by atoms with E-state index in [1.807, 2.05) is 48.5 Å². The molecule has 0 fully saturated rings. The second kappa shape index (κ2) is 13.8. The summed E-state index contributed by atoms with van der Waals surface area (Å²) in [5.41, 5.74) is 1.65. The molecule has 108 valence electrons. The second-order valence-electron chi connectivity index (χ2n) is 2.89.